The van der Waals surface area contributed by atoms with Crippen LogP contribution in [0.25, 0.3) is 0 Å². The first-order valence-corrected chi connectivity index (χ1v) is 7.25. The van der Waals surface area contributed by atoms with E-state index in [1.807, 2.05) is 0 Å². The maximum atomic E-state index is 11.9. The first-order chi connectivity index (χ1) is 7.47. The van der Waals surface area contributed by atoms with Crippen molar-refractivity contribution in [3.05, 3.63) is 28.7 Å². The van der Waals surface area contributed by atoms with Crippen LogP contribution in [0.5, 0.6) is 0 Å². The smallest absolute Gasteiger partial charge is 0.181 e. The highest BCUT2D eigenvalue weighted by atomic mass is 79.9. The maximum absolute atomic E-state index is 11.9. The molecule has 0 spiro atoms. The summed E-state index contributed by atoms with van der Waals surface area (Å²) in [6, 6.07) is 6.07. The zero-order valence-electron chi connectivity index (χ0n) is 8.64. The van der Waals surface area contributed by atoms with Crippen LogP contribution >= 0.6 is 15.9 Å². The molecule has 0 bridgehead atoms. The minimum absolute atomic E-state index is 0.105. The van der Waals surface area contributed by atoms with Gasteiger partial charge in [-0.05, 0) is 34.5 Å². The Balaban J connectivity index is 2.91. The summed E-state index contributed by atoms with van der Waals surface area (Å²) >= 11 is 3.19. The highest BCUT2D eigenvalue weighted by Crippen LogP contribution is 2.22. The average Bonchev–Trinajstić information content (AvgIpc) is 2.17. The molecule has 0 saturated heterocycles. The van der Waals surface area contributed by atoms with Crippen LogP contribution in [-0.2, 0) is 9.84 Å². The van der Waals surface area contributed by atoms with Gasteiger partial charge in [0.05, 0.1) is 10.6 Å². The molecule has 0 aliphatic carbocycles. The third-order valence-electron chi connectivity index (χ3n) is 2.11. The second-order valence-corrected chi connectivity index (χ2v) is 6.34. The second kappa shape index (κ2) is 5.77. The predicted molar refractivity (Wildman–Crippen MR) is 65.9 cm³/mol. The predicted octanol–water partition coefficient (Wildman–Crippen LogP) is 0.932. The standard InChI is InChI=1S/C10H14BrNO3S/c11-9-3-1-2-4-10(9)16(14,15)7-8(12)5-6-13/h1-4,8,13H,5-7,12H2. The van der Waals surface area contributed by atoms with Crippen LogP contribution in [0.4, 0.5) is 0 Å². The van der Waals surface area contributed by atoms with E-state index in [1.54, 1.807) is 18.2 Å². The Kier molecular flexibility index (Phi) is 4.91. The van der Waals surface area contributed by atoms with Crippen LogP contribution in [0.1, 0.15) is 6.42 Å². The highest BCUT2D eigenvalue weighted by Gasteiger charge is 2.20. The SMILES string of the molecule is NC(CCO)CS(=O)(=O)c1ccccc1Br. The number of halogens is 1. The van der Waals surface area contributed by atoms with E-state index in [9.17, 15) is 8.42 Å². The van der Waals surface area contributed by atoms with Crippen LogP contribution in [0.2, 0.25) is 0 Å². The van der Waals surface area contributed by atoms with Gasteiger partial charge in [0.15, 0.2) is 9.84 Å². The van der Waals surface area contributed by atoms with Crippen molar-refractivity contribution in [2.75, 3.05) is 12.4 Å². The third-order valence-corrected chi connectivity index (χ3v) is 4.95. The molecule has 4 nitrogen and oxygen atoms in total. The van der Waals surface area contributed by atoms with E-state index < -0.39 is 15.9 Å². The van der Waals surface area contributed by atoms with Crippen molar-refractivity contribution >= 4 is 25.8 Å². The molecule has 90 valence electrons. The first kappa shape index (κ1) is 13.6. The Hall–Kier alpha value is -0.430. The molecule has 1 unspecified atom stereocenters. The van der Waals surface area contributed by atoms with Gasteiger partial charge < -0.3 is 10.8 Å². The Bertz CT molecular complexity index is 447. The summed E-state index contributed by atoms with van der Waals surface area (Å²) in [7, 11) is -3.40. The van der Waals surface area contributed by atoms with Crippen molar-refractivity contribution in [3.8, 4) is 0 Å². The Morgan fingerprint density at radius 3 is 2.56 bits per heavy atom. The fraction of sp³-hybridized carbons (Fsp3) is 0.400. The van der Waals surface area contributed by atoms with Gasteiger partial charge in [-0.2, -0.15) is 0 Å². The minimum Gasteiger partial charge on any atom is -0.396 e. The Morgan fingerprint density at radius 2 is 2.00 bits per heavy atom. The van der Waals surface area contributed by atoms with Gasteiger partial charge in [-0.3, -0.25) is 0 Å². The molecule has 0 radical (unpaired) electrons. The van der Waals surface area contributed by atoms with Gasteiger partial charge in [-0.25, -0.2) is 8.42 Å². The Morgan fingerprint density at radius 1 is 1.38 bits per heavy atom. The molecule has 0 amide bonds. The van der Waals surface area contributed by atoms with Gasteiger partial charge in [0.25, 0.3) is 0 Å². The lowest BCUT2D eigenvalue weighted by Gasteiger charge is -2.11. The lowest BCUT2D eigenvalue weighted by atomic mass is 10.3. The lowest BCUT2D eigenvalue weighted by Crippen LogP contribution is -2.30. The number of nitrogens with two attached hydrogens (primary N) is 1. The molecule has 1 rings (SSSR count). The molecule has 3 N–H and O–H groups in total. The largest absolute Gasteiger partial charge is 0.396 e. The molecule has 1 aromatic rings. The molecular weight excluding hydrogens is 294 g/mol. The molecule has 0 aliphatic heterocycles. The van der Waals surface area contributed by atoms with Crippen LogP contribution in [0.3, 0.4) is 0 Å². The molecule has 0 heterocycles. The normalized spacial score (nSPS) is 13.7. The number of benzene rings is 1. The van der Waals surface area contributed by atoms with Gasteiger partial charge in [-0.15, -0.1) is 0 Å². The summed E-state index contributed by atoms with van der Waals surface area (Å²) < 4.78 is 24.4. The zero-order chi connectivity index (χ0) is 12.2. The third kappa shape index (κ3) is 3.55. The van der Waals surface area contributed by atoms with Crippen LogP contribution in [-0.4, -0.2) is 31.9 Å². The summed E-state index contributed by atoms with van der Waals surface area (Å²) in [5.74, 6) is -0.157. The summed E-state index contributed by atoms with van der Waals surface area (Å²) in [4.78, 5) is 0.239. The fourth-order valence-corrected chi connectivity index (χ4v) is 3.90. The van der Waals surface area contributed by atoms with Crippen LogP contribution in [0, 0.1) is 0 Å². The number of hydrogen-bond acceptors (Lipinski definition) is 4. The molecule has 0 fully saturated rings. The Labute approximate surface area is 104 Å². The maximum Gasteiger partial charge on any atom is 0.181 e. The topological polar surface area (TPSA) is 80.4 Å². The van der Waals surface area contributed by atoms with E-state index in [2.05, 4.69) is 15.9 Å². The van der Waals surface area contributed by atoms with E-state index in [1.165, 1.54) is 6.07 Å². The summed E-state index contributed by atoms with van der Waals surface area (Å²) in [5, 5.41) is 8.67. The van der Waals surface area contributed by atoms with Crippen LogP contribution in [0.15, 0.2) is 33.6 Å². The number of aliphatic hydroxyl groups excluding tert-OH is 1. The van der Waals surface area contributed by atoms with Gasteiger partial charge in [-0.1, -0.05) is 12.1 Å². The van der Waals surface area contributed by atoms with Crippen molar-refractivity contribution in [2.24, 2.45) is 5.73 Å². The van der Waals surface area contributed by atoms with Crippen molar-refractivity contribution in [2.45, 2.75) is 17.4 Å². The van der Waals surface area contributed by atoms with Gasteiger partial charge >= 0.3 is 0 Å². The van der Waals surface area contributed by atoms with Crippen molar-refractivity contribution in [1.29, 1.82) is 0 Å². The van der Waals surface area contributed by atoms with Gasteiger partial charge in [0.2, 0.25) is 0 Å². The quantitative estimate of drug-likeness (QED) is 0.848. The van der Waals surface area contributed by atoms with Crippen molar-refractivity contribution < 1.29 is 13.5 Å². The molecule has 16 heavy (non-hydrogen) atoms. The first-order valence-electron chi connectivity index (χ1n) is 4.81. The van der Waals surface area contributed by atoms with E-state index >= 15 is 0 Å². The summed E-state index contributed by atoms with van der Waals surface area (Å²) in [6.45, 7) is -0.105. The van der Waals surface area contributed by atoms with Crippen LogP contribution < -0.4 is 5.73 Å². The number of aliphatic hydroxyl groups is 1. The lowest BCUT2D eigenvalue weighted by molar-refractivity contribution is 0.279. The van der Waals surface area contributed by atoms with Crippen molar-refractivity contribution in [1.82, 2.24) is 0 Å². The summed E-state index contributed by atoms with van der Waals surface area (Å²) in [5.41, 5.74) is 5.60. The molecular formula is C10H14BrNO3S. The molecule has 6 heteroatoms. The zero-order valence-corrected chi connectivity index (χ0v) is 11.0. The van der Waals surface area contributed by atoms with E-state index in [-0.39, 0.29) is 23.7 Å². The van der Waals surface area contributed by atoms with Gasteiger partial charge in [0.1, 0.15) is 0 Å². The molecule has 0 aromatic heterocycles. The fourth-order valence-electron chi connectivity index (χ4n) is 1.32. The number of sulfone groups is 1. The highest BCUT2D eigenvalue weighted by molar-refractivity contribution is 9.10. The van der Waals surface area contributed by atoms with E-state index in [4.69, 9.17) is 10.8 Å². The van der Waals surface area contributed by atoms with Crippen molar-refractivity contribution in [3.63, 3.8) is 0 Å². The molecule has 1 atom stereocenters. The minimum atomic E-state index is -3.40. The molecule has 1 aromatic carbocycles. The van der Waals surface area contributed by atoms with Gasteiger partial charge in [0, 0.05) is 17.1 Å². The number of rotatable bonds is 5. The summed E-state index contributed by atoms with van der Waals surface area (Å²) in [6.07, 6.45) is 0.281. The molecule has 0 aliphatic rings. The van der Waals surface area contributed by atoms with E-state index in [0.717, 1.165) is 0 Å². The second-order valence-electron chi connectivity index (χ2n) is 3.48. The number of hydrogen-bond donors (Lipinski definition) is 2. The molecule has 0 saturated carbocycles. The monoisotopic (exact) mass is 307 g/mol. The average molecular weight is 308 g/mol. The van der Waals surface area contributed by atoms with E-state index in [0.29, 0.717) is 4.47 Å².